The molecule has 142 valence electrons. The minimum Gasteiger partial charge on any atom is -0.396 e. The van der Waals surface area contributed by atoms with Crippen LogP contribution in [0.15, 0.2) is 30.3 Å². The summed E-state index contributed by atoms with van der Waals surface area (Å²) >= 11 is 0. The molecule has 2 aliphatic rings. The lowest BCUT2D eigenvalue weighted by Gasteiger charge is -2.35. The van der Waals surface area contributed by atoms with Crippen LogP contribution in [0, 0.1) is 5.41 Å². The largest absolute Gasteiger partial charge is 0.396 e. The zero-order valence-corrected chi connectivity index (χ0v) is 15.5. The summed E-state index contributed by atoms with van der Waals surface area (Å²) in [4.78, 5) is 28.8. The van der Waals surface area contributed by atoms with E-state index in [2.05, 4.69) is 22.3 Å². The zero-order chi connectivity index (χ0) is 18.6. The van der Waals surface area contributed by atoms with Crippen molar-refractivity contribution in [3.05, 3.63) is 35.9 Å². The van der Waals surface area contributed by atoms with Crippen molar-refractivity contribution in [2.24, 2.45) is 5.41 Å². The van der Waals surface area contributed by atoms with Gasteiger partial charge in [0.05, 0.1) is 19.1 Å². The molecule has 2 fully saturated rings. The lowest BCUT2D eigenvalue weighted by atomic mass is 10.0. The maximum atomic E-state index is 12.6. The zero-order valence-electron chi connectivity index (χ0n) is 15.5. The van der Waals surface area contributed by atoms with E-state index >= 15 is 0 Å². The number of rotatable bonds is 8. The molecule has 26 heavy (non-hydrogen) atoms. The van der Waals surface area contributed by atoms with Crippen LogP contribution in [0.25, 0.3) is 0 Å². The lowest BCUT2D eigenvalue weighted by molar-refractivity contribution is -0.138. The number of benzene rings is 1. The Morgan fingerprint density at radius 2 is 2.08 bits per heavy atom. The molecule has 2 amide bonds. The van der Waals surface area contributed by atoms with Gasteiger partial charge in [0.15, 0.2) is 0 Å². The molecule has 1 aliphatic heterocycles. The van der Waals surface area contributed by atoms with Crippen molar-refractivity contribution in [2.45, 2.75) is 31.7 Å². The van der Waals surface area contributed by atoms with Crippen molar-refractivity contribution in [1.29, 1.82) is 0 Å². The van der Waals surface area contributed by atoms with E-state index < -0.39 is 6.04 Å². The van der Waals surface area contributed by atoms with Gasteiger partial charge >= 0.3 is 0 Å². The van der Waals surface area contributed by atoms with Gasteiger partial charge in [-0.15, -0.1) is 0 Å². The van der Waals surface area contributed by atoms with Gasteiger partial charge < -0.3 is 15.3 Å². The molecule has 6 nitrogen and oxygen atoms in total. The summed E-state index contributed by atoms with van der Waals surface area (Å²) in [6.07, 6.45) is 2.99. The summed E-state index contributed by atoms with van der Waals surface area (Å²) in [5, 5.41) is 12.3. The van der Waals surface area contributed by atoms with Gasteiger partial charge in [-0.2, -0.15) is 0 Å². The van der Waals surface area contributed by atoms with Crippen molar-refractivity contribution >= 4 is 11.8 Å². The van der Waals surface area contributed by atoms with Crippen LogP contribution in [-0.2, 0) is 16.0 Å². The molecule has 1 heterocycles. The van der Waals surface area contributed by atoms with Crippen molar-refractivity contribution < 1.29 is 14.7 Å². The maximum absolute atomic E-state index is 12.6. The Bertz CT molecular complexity index is 630. The number of aliphatic hydroxyl groups excluding tert-OH is 1. The second kappa shape index (κ2) is 8.18. The van der Waals surface area contributed by atoms with E-state index in [-0.39, 0.29) is 30.3 Å². The summed E-state index contributed by atoms with van der Waals surface area (Å²) in [6.45, 7) is 2.85. The van der Waals surface area contributed by atoms with E-state index in [1.54, 1.807) is 11.9 Å². The third kappa shape index (κ3) is 4.62. The standard InChI is InChI=1S/C20H29N3O3/c1-22(14-20(15-24)8-9-20)18(25)13-17-19(26)21-10-12-23(17)11-7-16-5-3-2-4-6-16/h2-6,17,24H,7-15H2,1H3,(H,21,26)/t17-/m1/s1. The molecule has 0 spiro atoms. The highest BCUT2D eigenvalue weighted by Crippen LogP contribution is 2.45. The summed E-state index contributed by atoms with van der Waals surface area (Å²) < 4.78 is 0. The van der Waals surface area contributed by atoms with Crippen LogP contribution >= 0.6 is 0 Å². The van der Waals surface area contributed by atoms with Crippen molar-refractivity contribution in [3.63, 3.8) is 0 Å². The number of hydrogen-bond acceptors (Lipinski definition) is 4. The van der Waals surface area contributed by atoms with Gasteiger partial charge in [0.25, 0.3) is 0 Å². The van der Waals surface area contributed by atoms with E-state index in [1.165, 1.54) is 5.56 Å². The topological polar surface area (TPSA) is 72.9 Å². The highest BCUT2D eigenvalue weighted by atomic mass is 16.3. The molecule has 2 N–H and O–H groups in total. The fraction of sp³-hybridized carbons (Fsp3) is 0.600. The summed E-state index contributed by atoms with van der Waals surface area (Å²) in [6, 6.07) is 9.79. The average Bonchev–Trinajstić information content (AvgIpc) is 3.43. The molecule has 3 rings (SSSR count). The molecule has 0 unspecified atom stereocenters. The quantitative estimate of drug-likeness (QED) is 0.715. The minimum atomic E-state index is -0.410. The molecule has 0 radical (unpaired) electrons. The number of carbonyl (C=O) groups is 2. The number of nitrogens with zero attached hydrogens (tertiary/aromatic N) is 2. The minimum absolute atomic E-state index is 0.0310. The Kier molecular flexibility index (Phi) is 5.94. The van der Waals surface area contributed by atoms with Crippen LogP contribution < -0.4 is 5.32 Å². The second-order valence-electron chi connectivity index (χ2n) is 7.69. The Hall–Kier alpha value is -1.92. The highest BCUT2D eigenvalue weighted by Gasteiger charge is 2.44. The SMILES string of the molecule is CN(CC1(CO)CC1)C(=O)C[C@@H]1C(=O)NCCN1CCc1ccccc1. The molecule has 1 saturated carbocycles. The third-order valence-electron chi connectivity index (χ3n) is 5.63. The van der Waals surface area contributed by atoms with Crippen LogP contribution in [0.1, 0.15) is 24.8 Å². The third-order valence-corrected chi connectivity index (χ3v) is 5.63. The Labute approximate surface area is 155 Å². The molecule has 1 aromatic carbocycles. The van der Waals surface area contributed by atoms with E-state index in [1.807, 2.05) is 18.2 Å². The summed E-state index contributed by atoms with van der Waals surface area (Å²) in [7, 11) is 1.77. The van der Waals surface area contributed by atoms with Gasteiger partial charge in [0.1, 0.15) is 0 Å². The predicted molar refractivity (Wildman–Crippen MR) is 99.5 cm³/mol. The van der Waals surface area contributed by atoms with Gasteiger partial charge in [-0.3, -0.25) is 14.5 Å². The first-order chi connectivity index (χ1) is 12.5. The van der Waals surface area contributed by atoms with Crippen LogP contribution in [0.5, 0.6) is 0 Å². The van der Waals surface area contributed by atoms with E-state index in [0.29, 0.717) is 13.1 Å². The van der Waals surface area contributed by atoms with Crippen molar-refractivity contribution in [1.82, 2.24) is 15.1 Å². The van der Waals surface area contributed by atoms with Gasteiger partial charge in [0, 0.05) is 38.6 Å². The maximum Gasteiger partial charge on any atom is 0.237 e. The van der Waals surface area contributed by atoms with Gasteiger partial charge in [-0.25, -0.2) is 0 Å². The summed E-state index contributed by atoms with van der Waals surface area (Å²) in [5.41, 5.74) is 1.13. The number of amides is 2. The molecule has 1 aliphatic carbocycles. The van der Waals surface area contributed by atoms with Crippen LogP contribution in [0.2, 0.25) is 0 Å². The molecule has 0 aromatic heterocycles. The Morgan fingerprint density at radius 3 is 2.73 bits per heavy atom. The lowest BCUT2D eigenvalue weighted by Crippen LogP contribution is -2.57. The van der Waals surface area contributed by atoms with Crippen LogP contribution in [0.3, 0.4) is 0 Å². The number of carbonyl (C=O) groups excluding carboxylic acids is 2. The summed E-state index contributed by atoms with van der Waals surface area (Å²) in [5.74, 6) is -0.0918. The molecular weight excluding hydrogens is 330 g/mol. The fourth-order valence-electron chi connectivity index (χ4n) is 3.62. The second-order valence-corrected chi connectivity index (χ2v) is 7.69. The normalized spacial score (nSPS) is 21.9. The fourth-order valence-corrected chi connectivity index (χ4v) is 3.62. The molecule has 1 saturated heterocycles. The number of piperazine rings is 1. The predicted octanol–water partition coefficient (Wildman–Crippen LogP) is 0.651. The average molecular weight is 359 g/mol. The van der Waals surface area contributed by atoms with Gasteiger partial charge in [0.2, 0.25) is 11.8 Å². The van der Waals surface area contributed by atoms with Crippen LogP contribution in [-0.4, -0.2) is 72.6 Å². The first-order valence-electron chi connectivity index (χ1n) is 9.43. The number of hydrogen-bond donors (Lipinski definition) is 2. The first-order valence-corrected chi connectivity index (χ1v) is 9.43. The van der Waals surface area contributed by atoms with Gasteiger partial charge in [-0.1, -0.05) is 30.3 Å². The number of nitrogens with one attached hydrogen (secondary N) is 1. The van der Waals surface area contributed by atoms with Crippen molar-refractivity contribution in [3.8, 4) is 0 Å². The van der Waals surface area contributed by atoms with Crippen LogP contribution in [0.4, 0.5) is 0 Å². The molecule has 1 aromatic rings. The van der Waals surface area contributed by atoms with E-state index in [9.17, 15) is 14.7 Å². The van der Waals surface area contributed by atoms with E-state index in [0.717, 1.165) is 32.4 Å². The van der Waals surface area contributed by atoms with E-state index in [4.69, 9.17) is 0 Å². The Balaban J connectivity index is 1.57. The molecule has 0 bridgehead atoms. The molecule has 6 heteroatoms. The smallest absolute Gasteiger partial charge is 0.237 e. The monoisotopic (exact) mass is 359 g/mol. The molecular formula is C20H29N3O3. The van der Waals surface area contributed by atoms with Gasteiger partial charge in [-0.05, 0) is 24.8 Å². The van der Waals surface area contributed by atoms with Crippen molar-refractivity contribution in [2.75, 3.05) is 39.8 Å². The molecule has 1 atom stereocenters. The number of aliphatic hydroxyl groups is 1. The Morgan fingerprint density at radius 1 is 1.35 bits per heavy atom. The highest BCUT2D eigenvalue weighted by molar-refractivity contribution is 5.88. The first kappa shape index (κ1) is 18.9.